The van der Waals surface area contributed by atoms with Crippen LogP contribution in [-0.4, -0.2) is 24.7 Å². The first-order chi connectivity index (χ1) is 7.06. The largest absolute Gasteiger partial charge is 0.478 e. The first-order valence-electron chi connectivity index (χ1n) is 4.90. The third-order valence-corrected chi connectivity index (χ3v) is 2.27. The van der Waals surface area contributed by atoms with Crippen LogP contribution in [0.5, 0.6) is 0 Å². The standard InChI is InChI=1S/C11H16N2O2/c1-3-6-13(2)8-4-5-10(12)9(7-8)11(14)15/h4-5,7H,3,6,12H2,1-2H3,(H,14,15). The summed E-state index contributed by atoms with van der Waals surface area (Å²) in [6.45, 7) is 2.97. The number of anilines is 2. The Morgan fingerprint density at radius 3 is 2.73 bits per heavy atom. The lowest BCUT2D eigenvalue weighted by molar-refractivity contribution is 0.0698. The Balaban J connectivity index is 3.02. The minimum Gasteiger partial charge on any atom is -0.478 e. The third kappa shape index (κ3) is 2.62. The second-order valence-electron chi connectivity index (χ2n) is 3.50. The maximum Gasteiger partial charge on any atom is 0.337 e. The molecule has 1 aromatic carbocycles. The van der Waals surface area contributed by atoms with Gasteiger partial charge in [0, 0.05) is 25.0 Å². The Kier molecular flexibility index (Phi) is 3.55. The molecule has 4 heteroatoms. The first kappa shape index (κ1) is 11.4. The van der Waals surface area contributed by atoms with E-state index in [1.165, 1.54) is 0 Å². The van der Waals surface area contributed by atoms with Gasteiger partial charge in [-0.25, -0.2) is 4.79 Å². The Labute approximate surface area is 89.3 Å². The zero-order chi connectivity index (χ0) is 11.4. The summed E-state index contributed by atoms with van der Waals surface area (Å²) >= 11 is 0. The van der Waals surface area contributed by atoms with Gasteiger partial charge in [-0.3, -0.25) is 0 Å². The van der Waals surface area contributed by atoms with E-state index < -0.39 is 5.97 Å². The zero-order valence-electron chi connectivity index (χ0n) is 9.03. The summed E-state index contributed by atoms with van der Waals surface area (Å²) in [5, 5.41) is 8.90. The molecule has 0 atom stereocenters. The Morgan fingerprint density at radius 1 is 1.53 bits per heavy atom. The number of nitrogen functional groups attached to an aromatic ring is 1. The van der Waals surface area contributed by atoms with Crippen LogP contribution in [-0.2, 0) is 0 Å². The molecule has 0 aromatic heterocycles. The van der Waals surface area contributed by atoms with Crippen molar-refractivity contribution in [3.63, 3.8) is 0 Å². The van der Waals surface area contributed by atoms with E-state index in [0.29, 0.717) is 5.69 Å². The fourth-order valence-corrected chi connectivity index (χ4v) is 1.43. The number of aromatic carboxylic acids is 1. The topological polar surface area (TPSA) is 66.6 Å². The molecule has 0 bridgehead atoms. The molecule has 0 radical (unpaired) electrons. The molecule has 1 aromatic rings. The lowest BCUT2D eigenvalue weighted by Gasteiger charge is -2.19. The minimum absolute atomic E-state index is 0.162. The van der Waals surface area contributed by atoms with Crippen LogP contribution in [0.4, 0.5) is 11.4 Å². The van der Waals surface area contributed by atoms with Gasteiger partial charge in [-0.05, 0) is 24.6 Å². The van der Waals surface area contributed by atoms with Crippen molar-refractivity contribution in [2.75, 3.05) is 24.2 Å². The minimum atomic E-state index is -0.987. The number of benzene rings is 1. The SMILES string of the molecule is CCCN(C)c1ccc(N)c(C(=O)O)c1. The van der Waals surface area contributed by atoms with Crippen molar-refractivity contribution in [1.29, 1.82) is 0 Å². The average molecular weight is 208 g/mol. The van der Waals surface area contributed by atoms with Gasteiger partial charge in [0.25, 0.3) is 0 Å². The summed E-state index contributed by atoms with van der Waals surface area (Å²) in [6, 6.07) is 5.07. The Bertz CT molecular complexity index is 364. The molecule has 0 aliphatic carbocycles. The molecule has 0 saturated carbocycles. The Hall–Kier alpha value is -1.71. The number of nitrogens with two attached hydrogens (primary N) is 1. The molecule has 0 unspecified atom stereocenters. The quantitative estimate of drug-likeness (QED) is 0.740. The highest BCUT2D eigenvalue weighted by atomic mass is 16.4. The predicted molar refractivity (Wildman–Crippen MR) is 61.4 cm³/mol. The molecule has 1 rings (SSSR count). The molecule has 0 aliphatic rings. The van der Waals surface area contributed by atoms with Crippen LogP contribution in [0.15, 0.2) is 18.2 Å². The highest BCUT2D eigenvalue weighted by molar-refractivity contribution is 5.94. The van der Waals surface area contributed by atoms with Gasteiger partial charge in [-0.15, -0.1) is 0 Å². The van der Waals surface area contributed by atoms with Crippen molar-refractivity contribution in [2.24, 2.45) is 0 Å². The van der Waals surface area contributed by atoms with Gasteiger partial charge in [0.05, 0.1) is 5.56 Å². The van der Waals surface area contributed by atoms with Gasteiger partial charge in [0.15, 0.2) is 0 Å². The summed E-state index contributed by atoms with van der Waals surface area (Å²) in [7, 11) is 1.93. The van der Waals surface area contributed by atoms with Crippen molar-refractivity contribution in [3.8, 4) is 0 Å². The van der Waals surface area contributed by atoms with E-state index in [0.717, 1.165) is 18.7 Å². The van der Waals surface area contributed by atoms with E-state index in [4.69, 9.17) is 10.8 Å². The van der Waals surface area contributed by atoms with Gasteiger partial charge in [0.1, 0.15) is 0 Å². The highest BCUT2D eigenvalue weighted by Gasteiger charge is 2.09. The number of nitrogens with zero attached hydrogens (tertiary/aromatic N) is 1. The summed E-state index contributed by atoms with van der Waals surface area (Å²) in [6.07, 6.45) is 1.02. The van der Waals surface area contributed by atoms with Crippen molar-refractivity contribution in [1.82, 2.24) is 0 Å². The van der Waals surface area contributed by atoms with Crippen molar-refractivity contribution < 1.29 is 9.90 Å². The molecular formula is C11H16N2O2. The number of rotatable bonds is 4. The summed E-state index contributed by atoms with van der Waals surface area (Å²) in [5.74, 6) is -0.987. The monoisotopic (exact) mass is 208 g/mol. The second-order valence-corrected chi connectivity index (χ2v) is 3.50. The van der Waals surface area contributed by atoms with Crippen LogP contribution in [0.25, 0.3) is 0 Å². The van der Waals surface area contributed by atoms with Gasteiger partial charge >= 0.3 is 5.97 Å². The van der Waals surface area contributed by atoms with Crippen LogP contribution in [0, 0.1) is 0 Å². The van der Waals surface area contributed by atoms with Crippen molar-refractivity contribution in [2.45, 2.75) is 13.3 Å². The molecule has 15 heavy (non-hydrogen) atoms. The van der Waals surface area contributed by atoms with Crippen LogP contribution in [0.3, 0.4) is 0 Å². The first-order valence-corrected chi connectivity index (χ1v) is 4.90. The maximum absolute atomic E-state index is 10.9. The summed E-state index contributed by atoms with van der Waals surface area (Å²) in [5.41, 5.74) is 6.91. The maximum atomic E-state index is 10.9. The molecule has 0 spiro atoms. The van der Waals surface area contributed by atoms with Crippen molar-refractivity contribution in [3.05, 3.63) is 23.8 Å². The van der Waals surface area contributed by atoms with E-state index in [2.05, 4.69) is 6.92 Å². The molecule has 0 saturated heterocycles. The fourth-order valence-electron chi connectivity index (χ4n) is 1.43. The number of hydrogen-bond donors (Lipinski definition) is 2. The number of carboxylic acids is 1. The van der Waals surface area contributed by atoms with Crippen LogP contribution in [0.1, 0.15) is 23.7 Å². The zero-order valence-corrected chi connectivity index (χ0v) is 9.03. The normalized spacial score (nSPS) is 10.0. The van der Waals surface area contributed by atoms with Crippen LogP contribution < -0.4 is 10.6 Å². The van der Waals surface area contributed by atoms with E-state index in [9.17, 15) is 4.79 Å². The van der Waals surface area contributed by atoms with Crippen LogP contribution >= 0.6 is 0 Å². The molecule has 4 nitrogen and oxygen atoms in total. The molecular weight excluding hydrogens is 192 g/mol. The smallest absolute Gasteiger partial charge is 0.337 e. The molecule has 82 valence electrons. The molecule has 0 fully saturated rings. The molecule has 0 amide bonds. The fraction of sp³-hybridized carbons (Fsp3) is 0.364. The summed E-state index contributed by atoms with van der Waals surface area (Å²) < 4.78 is 0. The van der Waals surface area contributed by atoms with Gasteiger partial charge in [-0.2, -0.15) is 0 Å². The second kappa shape index (κ2) is 4.68. The van der Waals surface area contributed by atoms with Crippen molar-refractivity contribution >= 4 is 17.3 Å². The average Bonchev–Trinajstić information content (AvgIpc) is 2.18. The van der Waals surface area contributed by atoms with Gasteiger partial charge in [0.2, 0.25) is 0 Å². The molecule has 0 heterocycles. The third-order valence-electron chi connectivity index (χ3n) is 2.27. The predicted octanol–water partition coefficient (Wildman–Crippen LogP) is 1.81. The van der Waals surface area contributed by atoms with E-state index >= 15 is 0 Å². The van der Waals surface area contributed by atoms with E-state index in [1.54, 1.807) is 12.1 Å². The Morgan fingerprint density at radius 2 is 2.20 bits per heavy atom. The van der Waals surface area contributed by atoms with Gasteiger partial charge in [-0.1, -0.05) is 6.92 Å². The number of carbonyl (C=O) groups is 1. The van der Waals surface area contributed by atoms with Crippen LogP contribution in [0.2, 0.25) is 0 Å². The summed E-state index contributed by atoms with van der Waals surface area (Å²) in [4.78, 5) is 12.9. The van der Waals surface area contributed by atoms with E-state index in [-0.39, 0.29) is 5.56 Å². The number of carboxylic acid groups (broad SMARTS) is 1. The number of hydrogen-bond acceptors (Lipinski definition) is 3. The van der Waals surface area contributed by atoms with Gasteiger partial charge < -0.3 is 15.7 Å². The lowest BCUT2D eigenvalue weighted by atomic mass is 10.1. The molecule has 0 aliphatic heterocycles. The highest BCUT2D eigenvalue weighted by Crippen LogP contribution is 2.20. The lowest BCUT2D eigenvalue weighted by Crippen LogP contribution is -2.18. The van der Waals surface area contributed by atoms with E-state index in [1.807, 2.05) is 18.0 Å². The molecule has 3 N–H and O–H groups in total.